The maximum atomic E-state index is 12.7. The fourth-order valence-electron chi connectivity index (χ4n) is 1.72. The number of benzene rings is 1. The topological polar surface area (TPSA) is 49.3 Å². The fourth-order valence-corrected chi connectivity index (χ4v) is 1.72. The Labute approximate surface area is 101 Å². The van der Waals surface area contributed by atoms with Crippen LogP contribution < -0.4 is 5.32 Å². The molecule has 1 aromatic carbocycles. The van der Waals surface area contributed by atoms with Crippen LogP contribution in [0.1, 0.15) is 38.3 Å². The van der Waals surface area contributed by atoms with Crippen molar-refractivity contribution in [3.63, 3.8) is 0 Å². The molecule has 2 atom stereocenters. The van der Waals surface area contributed by atoms with E-state index in [0.717, 1.165) is 12.0 Å². The van der Waals surface area contributed by atoms with Crippen molar-refractivity contribution in [2.45, 2.75) is 38.8 Å². The molecular weight excluding hydrogens is 221 g/mol. The molecular formula is C13H18FNO2. The number of carboxylic acid groups (broad SMARTS) is 1. The number of rotatable bonds is 6. The lowest BCUT2D eigenvalue weighted by Crippen LogP contribution is -2.38. The van der Waals surface area contributed by atoms with E-state index in [4.69, 9.17) is 5.11 Å². The minimum Gasteiger partial charge on any atom is -0.480 e. The molecule has 1 rings (SSSR count). The standard InChI is InChI=1S/C13H18FNO2/c1-3-4-12(13(16)17)15-9(2)10-5-7-11(14)8-6-10/h5-9,12,15H,3-4H2,1-2H3,(H,16,17)/t9-,12?/m1/s1. The largest absolute Gasteiger partial charge is 0.480 e. The molecule has 94 valence electrons. The van der Waals surface area contributed by atoms with Crippen LogP contribution in [0.2, 0.25) is 0 Å². The van der Waals surface area contributed by atoms with E-state index < -0.39 is 12.0 Å². The second-order valence-electron chi connectivity index (χ2n) is 4.12. The first kappa shape index (κ1) is 13.6. The summed E-state index contributed by atoms with van der Waals surface area (Å²) in [4.78, 5) is 11.0. The number of halogens is 1. The van der Waals surface area contributed by atoms with Gasteiger partial charge in [-0.05, 0) is 31.0 Å². The van der Waals surface area contributed by atoms with Crippen molar-refractivity contribution < 1.29 is 14.3 Å². The maximum absolute atomic E-state index is 12.7. The Morgan fingerprint density at radius 1 is 1.41 bits per heavy atom. The van der Waals surface area contributed by atoms with E-state index >= 15 is 0 Å². The Balaban J connectivity index is 2.66. The average Bonchev–Trinajstić information content (AvgIpc) is 2.29. The highest BCUT2D eigenvalue weighted by Crippen LogP contribution is 2.14. The van der Waals surface area contributed by atoms with Crippen molar-refractivity contribution in [1.82, 2.24) is 5.32 Å². The molecule has 0 amide bonds. The molecule has 1 unspecified atom stereocenters. The van der Waals surface area contributed by atoms with E-state index in [1.54, 1.807) is 12.1 Å². The van der Waals surface area contributed by atoms with Crippen molar-refractivity contribution in [2.75, 3.05) is 0 Å². The Kier molecular flexibility index (Phi) is 5.10. The number of nitrogens with one attached hydrogen (secondary N) is 1. The molecule has 0 saturated carbocycles. The highest BCUT2D eigenvalue weighted by Gasteiger charge is 2.18. The van der Waals surface area contributed by atoms with Gasteiger partial charge in [-0.25, -0.2) is 4.39 Å². The lowest BCUT2D eigenvalue weighted by Gasteiger charge is -2.20. The van der Waals surface area contributed by atoms with Crippen LogP contribution in [0.3, 0.4) is 0 Å². The average molecular weight is 239 g/mol. The van der Waals surface area contributed by atoms with Gasteiger partial charge in [0.1, 0.15) is 11.9 Å². The zero-order chi connectivity index (χ0) is 12.8. The Bertz CT molecular complexity index is 364. The molecule has 0 aromatic heterocycles. The molecule has 17 heavy (non-hydrogen) atoms. The summed E-state index contributed by atoms with van der Waals surface area (Å²) in [6.07, 6.45) is 1.39. The van der Waals surface area contributed by atoms with Gasteiger partial charge < -0.3 is 5.11 Å². The van der Waals surface area contributed by atoms with Gasteiger partial charge in [0.2, 0.25) is 0 Å². The summed E-state index contributed by atoms with van der Waals surface area (Å²) >= 11 is 0. The Hall–Kier alpha value is -1.42. The molecule has 0 aliphatic carbocycles. The minimum atomic E-state index is -0.846. The quantitative estimate of drug-likeness (QED) is 0.802. The van der Waals surface area contributed by atoms with Gasteiger partial charge in [-0.15, -0.1) is 0 Å². The number of carboxylic acids is 1. The number of hydrogen-bond donors (Lipinski definition) is 2. The van der Waals surface area contributed by atoms with E-state index in [1.165, 1.54) is 12.1 Å². The van der Waals surface area contributed by atoms with Crippen LogP contribution in [0.15, 0.2) is 24.3 Å². The van der Waals surface area contributed by atoms with Crippen molar-refractivity contribution in [3.05, 3.63) is 35.6 Å². The molecule has 0 saturated heterocycles. The molecule has 4 heteroatoms. The zero-order valence-electron chi connectivity index (χ0n) is 10.1. The van der Waals surface area contributed by atoms with E-state index in [-0.39, 0.29) is 11.9 Å². The Morgan fingerprint density at radius 3 is 2.47 bits per heavy atom. The monoisotopic (exact) mass is 239 g/mol. The molecule has 0 spiro atoms. The first-order valence-electron chi connectivity index (χ1n) is 5.79. The number of aliphatic carboxylic acids is 1. The van der Waals surface area contributed by atoms with Gasteiger partial charge >= 0.3 is 5.97 Å². The van der Waals surface area contributed by atoms with Crippen LogP contribution in [0, 0.1) is 5.82 Å². The van der Waals surface area contributed by atoms with Crippen molar-refractivity contribution in [1.29, 1.82) is 0 Å². The van der Waals surface area contributed by atoms with Crippen molar-refractivity contribution in [2.24, 2.45) is 0 Å². The summed E-state index contributed by atoms with van der Waals surface area (Å²) in [6.45, 7) is 3.82. The van der Waals surface area contributed by atoms with Crippen molar-refractivity contribution in [3.8, 4) is 0 Å². The highest BCUT2D eigenvalue weighted by atomic mass is 19.1. The maximum Gasteiger partial charge on any atom is 0.320 e. The number of hydrogen-bond acceptors (Lipinski definition) is 2. The van der Waals surface area contributed by atoms with Gasteiger partial charge in [0, 0.05) is 6.04 Å². The van der Waals surface area contributed by atoms with E-state index in [1.807, 2.05) is 13.8 Å². The lowest BCUT2D eigenvalue weighted by molar-refractivity contribution is -0.139. The third-order valence-electron chi connectivity index (χ3n) is 2.70. The number of carbonyl (C=O) groups is 1. The molecule has 0 radical (unpaired) electrons. The SMILES string of the molecule is CCCC(N[C@H](C)c1ccc(F)cc1)C(=O)O. The fraction of sp³-hybridized carbons (Fsp3) is 0.462. The van der Waals surface area contributed by atoms with Crippen LogP contribution in [-0.2, 0) is 4.79 Å². The van der Waals surface area contributed by atoms with Gasteiger partial charge in [-0.2, -0.15) is 0 Å². The summed E-state index contributed by atoms with van der Waals surface area (Å²) in [7, 11) is 0. The van der Waals surface area contributed by atoms with Crippen LogP contribution >= 0.6 is 0 Å². The minimum absolute atomic E-state index is 0.108. The third kappa shape index (κ3) is 4.15. The smallest absolute Gasteiger partial charge is 0.320 e. The second kappa shape index (κ2) is 6.35. The van der Waals surface area contributed by atoms with Crippen LogP contribution in [0.25, 0.3) is 0 Å². The lowest BCUT2D eigenvalue weighted by atomic mass is 10.1. The molecule has 0 aliphatic heterocycles. The molecule has 0 bridgehead atoms. The second-order valence-corrected chi connectivity index (χ2v) is 4.12. The van der Waals surface area contributed by atoms with E-state index in [0.29, 0.717) is 6.42 Å². The summed E-state index contributed by atoms with van der Waals surface area (Å²) in [5.74, 6) is -1.13. The molecule has 0 aliphatic rings. The highest BCUT2D eigenvalue weighted by molar-refractivity contribution is 5.73. The van der Waals surface area contributed by atoms with Crippen LogP contribution in [0.4, 0.5) is 4.39 Å². The van der Waals surface area contributed by atoms with Crippen LogP contribution in [0.5, 0.6) is 0 Å². The van der Waals surface area contributed by atoms with Gasteiger partial charge in [0.15, 0.2) is 0 Å². The van der Waals surface area contributed by atoms with Gasteiger partial charge in [0.05, 0.1) is 0 Å². The summed E-state index contributed by atoms with van der Waals surface area (Å²) in [5.41, 5.74) is 0.883. The predicted octanol–water partition coefficient (Wildman–Crippen LogP) is 2.73. The third-order valence-corrected chi connectivity index (χ3v) is 2.70. The molecule has 0 heterocycles. The van der Waals surface area contributed by atoms with E-state index in [2.05, 4.69) is 5.32 Å². The molecule has 0 fully saturated rings. The molecule has 1 aromatic rings. The van der Waals surface area contributed by atoms with Gasteiger partial charge in [-0.3, -0.25) is 10.1 Å². The first-order valence-corrected chi connectivity index (χ1v) is 5.79. The summed E-state index contributed by atoms with van der Waals surface area (Å²) in [6, 6.07) is 5.42. The van der Waals surface area contributed by atoms with E-state index in [9.17, 15) is 9.18 Å². The van der Waals surface area contributed by atoms with Crippen LogP contribution in [-0.4, -0.2) is 17.1 Å². The summed E-state index contributed by atoms with van der Waals surface area (Å²) < 4.78 is 12.7. The van der Waals surface area contributed by atoms with Crippen molar-refractivity contribution >= 4 is 5.97 Å². The molecule has 3 nitrogen and oxygen atoms in total. The Morgan fingerprint density at radius 2 is 2.00 bits per heavy atom. The zero-order valence-corrected chi connectivity index (χ0v) is 10.1. The van der Waals surface area contributed by atoms with Gasteiger partial charge in [-0.1, -0.05) is 25.5 Å². The predicted molar refractivity (Wildman–Crippen MR) is 64.3 cm³/mol. The first-order chi connectivity index (χ1) is 8.04. The normalized spacial score (nSPS) is 14.3. The summed E-state index contributed by atoms with van der Waals surface area (Å²) in [5, 5.41) is 12.1. The van der Waals surface area contributed by atoms with Gasteiger partial charge in [0.25, 0.3) is 0 Å². The molecule has 2 N–H and O–H groups in total.